The van der Waals surface area contributed by atoms with E-state index in [1.54, 1.807) is 0 Å². The molecule has 1 atom stereocenters. The maximum atomic E-state index is 6.47. The molecular formula is C14H23N3O2. The summed E-state index contributed by atoms with van der Waals surface area (Å²) >= 11 is 0. The summed E-state index contributed by atoms with van der Waals surface area (Å²) in [5.74, 6) is 2.41. The maximum absolute atomic E-state index is 6.47. The van der Waals surface area contributed by atoms with Crippen molar-refractivity contribution in [3.63, 3.8) is 0 Å². The third kappa shape index (κ3) is 2.67. The molecule has 1 saturated heterocycles. The molecule has 0 spiro atoms. The molecule has 0 bridgehead atoms. The highest BCUT2D eigenvalue weighted by Crippen LogP contribution is 2.36. The van der Waals surface area contributed by atoms with Crippen LogP contribution in [0.15, 0.2) is 4.52 Å². The van der Waals surface area contributed by atoms with Crippen LogP contribution in [0.2, 0.25) is 0 Å². The van der Waals surface area contributed by atoms with E-state index in [0.717, 1.165) is 51.0 Å². The van der Waals surface area contributed by atoms with Crippen LogP contribution >= 0.6 is 0 Å². The lowest BCUT2D eigenvalue weighted by atomic mass is 9.77. The van der Waals surface area contributed by atoms with Gasteiger partial charge in [0.05, 0.1) is 18.1 Å². The highest BCUT2D eigenvalue weighted by atomic mass is 16.5. The Morgan fingerprint density at radius 3 is 2.74 bits per heavy atom. The molecule has 1 aromatic heterocycles. The monoisotopic (exact) mass is 265 g/mol. The molecule has 19 heavy (non-hydrogen) atoms. The zero-order chi connectivity index (χ0) is 13.3. The number of aromatic nitrogens is 2. The zero-order valence-corrected chi connectivity index (χ0v) is 11.6. The lowest BCUT2D eigenvalue weighted by Crippen LogP contribution is -2.41. The molecule has 106 valence electrons. The molecule has 5 heteroatoms. The lowest BCUT2D eigenvalue weighted by Gasteiger charge is -2.33. The maximum Gasteiger partial charge on any atom is 0.232 e. The van der Waals surface area contributed by atoms with Crippen LogP contribution in [0.4, 0.5) is 0 Å². The van der Waals surface area contributed by atoms with Crippen LogP contribution in [0.25, 0.3) is 0 Å². The molecule has 1 saturated carbocycles. The van der Waals surface area contributed by atoms with Gasteiger partial charge in [0.2, 0.25) is 5.89 Å². The smallest absolute Gasteiger partial charge is 0.232 e. The van der Waals surface area contributed by atoms with Gasteiger partial charge in [-0.3, -0.25) is 0 Å². The van der Waals surface area contributed by atoms with E-state index in [2.05, 4.69) is 17.1 Å². The predicted octanol–water partition coefficient (Wildman–Crippen LogP) is 2.33. The number of nitrogens with zero attached hydrogens (tertiary/aromatic N) is 2. The van der Waals surface area contributed by atoms with E-state index in [9.17, 15) is 0 Å². The van der Waals surface area contributed by atoms with Crippen LogP contribution in [0.3, 0.4) is 0 Å². The molecule has 3 rings (SSSR count). The summed E-state index contributed by atoms with van der Waals surface area (Å²) in [7, 11) is 0. The molecule has 0 radical (unpaired) electrons. The third-order valence-electron chi connectivity index (χ3n) is 4.56. The summed E-state index contributed by atoms with van der Waals surface area (Å²) in [6.45, 7) is 3.81. The summed E-state index contributed by atoms with van der Waals surface area (Å²) < 4.78 is 10.9. The van der Waals surface area contributed by atoms with Crippen molar-refractivity contribution in [3.05, 3.63) is 11.7 Å². The number of hydrogen-bond acceptors (Lipinski definition) is 5. The second-order valence-corrected chi connectivity index (χ2v) is 6.21. The van der Waals surface area contributed by atoms with Gasteiger partial charge in [-0.15, -0.1) is 0 Å². The fraction of sp³-hybridized carbons (Fsp3) is 0.857. The average Bonchev–Trinajstić information content (AvgIpc) is 2.94. The molecule has 1 unspecified atom stereocenters. The molecule has 0 aromatic carbocycles. The molecule has 2 N–H and O–H groups in total. The Labute approximate surface area is 113 Å². The van der Waals surface area contributed by atoms with Gasteiger partial charge in [-0.2, -0.15) is 4.98 Å². The van der Waals surface area contributed by atoms with Crippen LogP contribution in [0.1, 0.15) is 63.1 Å². The molecule has 2 heterocycles. The van der Waals surface area contributed by atoms with Crippen LogP contribution in [0.5, 0.6) is 0 Å². The van der Waals surface area contributed by atoms with Gasteiger partial charge in [0.1, 0.15) is 0 Å². The van der Waals surface area contributed by atoms with Crippen molar-refractivity contribution in [3.8, 4) is 0 Å². The fourth-order valence-electron chi connectivity index (χ4n) is 3.04. The molecule has 2 fully saturated rings. The first-order valence-electron chi connectivity index (χ1n) is 7.38. The Balaban J connectivity index is 1.73. The van der Waals surface area contributed by atoms with Crippen molar-refractivity contribution in [2.75, 3.05) is 13.2 Å². The molecule has 0 amide bonds. The quantitative estimate of drug-likeness (QED) is 0.888. The minimum atomic E-state index is -0.385. The molecule has 1 aliphatic heterocycles. The van der Waals surface area contributed by atoms with Gasteiger partial charge < -0.3 is 15.0 Å². The largest absolute Gasteiger partial charge is 0.381 e. The third-order valence-corrected chi connectivity index (χ3v) is 4.56. The van der Waals surface area contributed by atoms with E-state index in [1.807, 2.05) is 0 Å². The zero-order valence-electron chi connectivity index (χ0n) is 11.6. The van der Waals surface area contributed by atoms with E-state index in [4.69, 9.17) is 15.0 Å². The number of hydrogen-bond donors (Lipinski definition) is 1. The Morgan fingerprint density at radius 1 is 1.26 bits per heavy atom. The summed E-state index contributed by atoms with van der Waals surface area (Å²) in [5.41, 5.74) is 6.08. The fourth-order valence-corrected chi connectivity index (χ4v) is 3.04. The SMILES string of the molecule is CC1CCC(N)(c2noc(C3CCCOC3)n2)CC1. The lowest BCUT2D eigenvalue weighted by molar-refractivity contribution is 0.0705. The summed E-state index contributed by atoms with van der Waals surface area (Å²) in [6.07, 6.45) is 6.33. The molecular weight excluding hydrogens is 242 g/mol. The van der Waals surface area contributed by atoms with Crippen molar-refractivity contribution in [2.24, 2.45) is 11.7 Å². The van der Waals surface area contributed by atoms with E-state index in [0.29, 0.717) is 18.3 Å². The molecule has 5 nitrogen and oxygen atoms in total. The van der Waals surface area contributed by atoms with E-state index < -0.39 is 0 Å². The van der Waals surface area contributed by atoms with Crippen LogP contribution in [-0.4, -0.2) is 23.4 Å². The van der Waals surface area contributed by atoms with Crippen molar-refractivity contribution in [1.29, 1.82) is 0 Å². The average molecular weight is 265 g/mol. The minimum Gasteiger partial charge on any atom is -0.381 e. The first-order chi connectivity index (χ1) is 9.17. The molecule has 2 aliphatic rings. The Morgan fingerprint density at radius 2 is 2.05 bits per heavy atom. The Bertz CT molecular complexity index is 418. The second-order valence-electron chi connectivity index (χ2n) is 6.21. The summed E-state index contributed by atoms with van der Waals surface area (Å²) in [5, 5.41) is 4.15. The van der Waals surface area contributed by atoms with Gasteiger partial charge in [0.25, 0.3) is 0 Å². The normalized spacial score (nSPS) is 36.3. The van der Waals surface area contributed by atoms with Crippen molar-refractivity contribution in [2.45, 2.75) is 56.9 Å². The summed E-state index contributed by atoms with van der Waals surface area (Å²) in [4.78, 5) is 4.57. The highest BCUT2D eigenvalue weighted by Gasteiger charge is 2.37. The van der Waals surface area contributed by atoms with E-state index >= 15 is 0 Å². The Hall–Kier alpha value is -0.940. The van der Waals surface area contributed by atoms with E-state index in [-0.39, 0.29) is 11.5 Å². The van der Waals surface area contributed by atoms with Crippen LogP contribution in [0, 0.1) is 5.92 Å². The number of ether oxygens (including phenoxy) is 1. The van der Waals surface area contributed by atoms with Crippen LogP contribution < -0.4 is 5.73 Å². The first kappa shape index (κ1) is 13.1. The summed E-state index contributed by atoms with van der Waals surface area (Å²) in [6, 6.07) is 0. The van der Waals surface area contributed by atoms with Gasteiger partial charge in [-0.05, 0) is 44.4 Å². The van der Waals surface area contributed by atoms with Gasteiger partial charge in [0.15, 0.2) is 5.82 Å². The van der Waals surface area contributed by atoms with Gasteiger partial charge in [-0.25, -0.2) is 0 Å². The van der Waals surface area contributed by atoms with E-state index in [1.165, 1.54) is 0 Å². The second kappa shape index (κ2) is 5.21. The van der Waals surface area contributed by atoms with Crippen molar-refractivity contribution < 1.29 is 9.26 Å². The molecule has 1 aromatic rings. The first-order valence-corrected chi connectivity index (χ1v) is 7.38. The Kier molecular flexibility index (Phi) is 3.58. The van der Waals surface area contributed by atoms with Crippen LogP contribution in [-0.2, 0) is 10.3 Å². The molecule has 1 aliphatic carbocycles. The number of rotatable bonds is 2. The highest BCUT2D eigenvalue weighted by molar-refractivity contribution is 5.07. The predicted molar refractivity (Wildman–Crippen MR) is 70.6 cm³/mol. The van der Waals surface area contributed by atoms with Gasteiger partial charge in [-0.1, -0.05) is 12.1 Å². The van der Waals surface area contributed by atoms with Crippen molar-refractivity contribution in [1.82, 2.24) is 10.1 Å². The van der Waals surface area contributed by atoms with Crippen molar-refractivity contribution >= 4 is 0 Å². The topological polar surface area (TPSA) is 74.2 Å². The van der Waals surface area contributed by atoms with Gasteiger partial charge in [0, 0.05) is 6.61 Å². The number of nitrogens with two attached hydrogens (primary N) is 1. The van der Waals surface area contributed by atoms with Gasteiger partial charge >= 0.3 is 0 Å². The standard InChI is InChI=1S/C14H23N3O2/c1-10-4-6-14(15,7-5-10)13-16-12(19-17-13)11-3-2-8-18-9-11/h10-11H,2-9,15H2,1H3. The minimum absolute atomic E-state index is 0.251.